The lowest BCUT2D eigenvalue weighted by Crippen LogP contribution is -2.64. The number of nitrogens with zero attached hydrogens (tertiary/aromatic N) is 3. The van der Waals surface area contributed by atoms with Crippen molar-refractivity contribution in [2.24, 2.45) is 11.7 Å². The number of carboxylic acids is 1. The van der Waals surface area contributed by atoms with E-state index in [0.29, 0.717) is 16.7 Å². The van der Waals surface area contributed by atoms with Crippen molar-refractivity contribution < 1.29 is 102 Å². The summed E-state index contributed by atoms with van der Waals surface area (Å²) in [7, 11) is 2.44. The van der Waals surface area contributed by atoms with Crippen LogP contribution in [0.4, 0.5) is 0 Å². The average molecular weight is 1680 g/mol. The second-order valence-electron chi connectivity index (χ2n) is 29.8. The molecule has 0 unspecified atom stereocenters. The zero-order chi connectivity index (χ0) is 88.2. The summed E-state index contributed by atoms with van der Waals surface area (Å²) < 4.78 is 0. The molecule has 15 atom stereocenters. The van der Waals surface area contributed by atoms with Crippen LogP contribution in [0.25, 0.3) is 22.3 Å². The van der Waals surface area contributed by atoms with Crippen molar-refractivity contribution in [1.82, 2.24) is 73.2 Å². The SMILES string of the molecule is CC(C)[C@@H]1NC(=O)[C@H](Cc2ccccc2)NC(=O)CSC[C@@H](C(=O)NCC(N)=O)NC(=O)[C@@H]2CCCN2C(=O)[C@H](CO)NC(=O)[C@H](CCC(=O)O)NC(=O)[C@H](C)N(C)C(=O)[C@H](Cc2ccc(-c3ccccc3)cc2)NC(=O)[C@H](C)N(C)C(=O)[C@H](Cc2ccc(-c3ccccc3)cc2)NC(=O)[C@H]([C@@H](C)O)NC(=O)[C@H]([C@@H](C)O)NC(=O)[C@H](CO)NC1=O. The Kier molecular flexibility index (Phi) is 36.1. The normalized spacial score (nSPS) is 24.7. The van der Waals surface area contributed by atoms with Gasteiger partial charge in [0, 0.05) is 52.1 Å². The van der Waals surface area contributed by atoms with Gasteiger partial charge in [-0.25, -0.2) is 0 Å². The molecule has 0 aromatic heterocycles. The number of likely N-dealkylation sites (N-methyl/N-ethyl adjacent to an activating group) is 2. The van der Waals surface area contributed by atoms with Crippen molar-refractivity contribution in [3.8, 4) is 22.3 Å². The zero-order valence-electron chi connectivity index (χ0n) is 67.8. The highest BCUT2D eigenvalue weighted by atomic mass is 32.2. The summed E-state index contributed by atoms with van der Waals surface area (Å²) in [5.41, 5.74) is 10.0. The van der Waals surface area contributed by atoms with Gasteiger partial charge in [-0.05, 0) is 91.8 Å². The average Bonchev–Trinajstić information content (AvgIpc) is 1.49. The van der Waals surface area contributed by atoms with Gasteiger partial charge in [0.05, 0.1) is 37.7 Å². The van der Waals surface area contributed by atoms with E-state index in [1.54, 1.807) is 78.9 Å². The van der Waals surface area contributed by atoms with Crippen LogP contribution >= 0.6 is 11.8 Å². The Morgan fingerprint density at radius 3 is 1.34 bits per heavy atom. The van der Waals surface area contributed by atoms with Gasteiger partial charge in [-0.2, -0.15) is 0 Å². The van der Waals surface area contributed by atoms with Crippen molar-refractivity contribution in [3.63, 3.8) is 0 Å². The molecule has 0 spiro atoms. The molecular weight excluding hydrogens is 1580 g/mol. The zero-order valence-corrected chi connectivity index (χ0v) is 68.6. The molecule has 5 aromatic carbocycles. The predicted octanol–water partition coefficient (Wildman–Crippen LogP) is -2.80. The number of hydrogen-bond acceptors (Lipinski definition) is 21. The standard InChI is InChI=1S/C83H107N15O21S/c1-45(2)68-78(114)90-61(41-99)76(112)94-70(49(6)102)80(116)95-69(48(5)101)79(115)89-60(39-52-28-32-56(33-29-52)54-23-16-11-17-24-54)82(118)97(8)47(4)72(108)88-59(38-51-26-30-55(31-27-51)53-21-14-10-15-22-53)81(117)96(7)46(3)71(107)87-57(34-35-67(105)106)74(110)91-62(42-100)83(119)98-36-18-25-64(98)77(113)92-63(73(109)85-40-65(84)103)43-120-44-66(104)86-58(75(111)93-68)37-50-19-12-9-13-20-50/h9-17,19-24,26-33,45-49,57-64,68-70,99-102H,18,25,34-44H2,1-8H3,(H2,84,103)(H,85,109)(H,86,104)(H,87,107)(H,88,108)(H,89,115)(H,90,114)(H,91,110)(H,92,113)(H,93,111)(H,94,112)(H,95,116)(H,105,106)/t46-,47-,48+,49+,57-,58-,59-,60-,61-,62-,63-,64-,68-,69-,70-/m0/s1. The van der Waals surface area contributed by atoms with Gasteiger partial charge in [0.1, 0.15) is 78.5 Å². The van der Waals surface area contributed by atoms with Crippen molar-refractivity contribution in [2.45, 2.75) is 177 Å². The summed E-state index contributed by atoms with van der Waals surface area (Å²) in [4.78, 5) is 229. The molecule has 2 heterocycles. The van der Waals surface area contributed by atoms with Gasteiger partial charge >= 0.3 is 5.97 Å². The van der Waals surface area contributed by atoms with Crippen molar-refractivity contribution >= 4 is 106 Å². The van der Waals surface area contributed by atoms with E-state index in [-0.39, 0.29) is 38.6 Å². The Morgan fingerprint density at radius 1 is 0.467 bits per heavy atom. The van der Waals surface area contributed by atoms with E-state index in [1.165, 1.54) is 41.8 Å². The molecule has 7 rings (SSSR count). The van der Waals surface area contributed by atoms with E-state index < -0.39 is 235 Å². The van der Waals surface area contributed by atoms with Crippen LogP contribution in [0.1, 0.15) is 83.9 Å². The molecule has 15 amide bonds. The number of amides is 15. The first-order chi connectivity index (χ1) is 57.0. The van der Waals surface area contributed by atoms with Gasteiger partial charge in [0.25, 0.3) is 0 Å². The molecule has 18 N–H and O–H groups in total. The molecule has 0 bridgehead atoms. The molecule has 2 saturated heterocycles. The molecule has 2 aliphatic rings. The maximum atomic E-state index is 15.2. The molecule has 0 radical (unpaired) electrons. The minimum atomic E-state index is -2.01. The molecule has 37 heteroatoms. The van der Waals surface area contributed by atoms with E-state index in [9.17, 15) is 92.7 Å². The molecule has 0 saturated carbocycles. The molecular formula is C83H107N15O21S. The summed E-state index contributed by atoms with van der Waals surface area (Å²) in [6, 6.07) is 18.8. The minimum absolute atomic E-state index is 0.0385. The summed E-state index contributed by atoms with van der Waals surface area (Å²) in [5.74, 6) is -18.7. The third-order valence-electron chi connectivity index (χ3n) is 20.5. The minimum Gasteiger partial charge on any atom is -0.481 e. The Hall–Kier alpha value is -12.2. The highest BCUT2D eigenvalue weighted by molar-refractivity contribution is 8.00. The van der Waals surface area contributed by atoms with Crippen LogP contribution in [-0.2, 0) is 96.0 Å². The Balaban J connectivity index is 1.26. The third kappa shape index (κ3) is 27.4. The summed E-state index contributed by atoms with van der Waals surface area (Å²) in [5, 5.41) is 80.6. The fraction of sp³-hybridized carbons (Fsp3) is 0.446. The van der Waals surface area contributed by atoms with Crippen molar-refractivity contribution in [2.75, 3.05) is 51.9 Å². The Labute approximate surface area is 697 Å². The van der Waals surface area contributed by atoms with E-state index in [1.807, 2.05) is 60.7 Å². The maximum absolute atomic E-state index is 15.2. The van der Waals surface area contributed by atoms with Crippen LogP contribution in [-0.4, -0.2) is 277 Å². The van der Waals surface area contributed by atoms with E-state index in [0.717, 1.165) is 62.6 Å². The first-order valence-corrected chi connectivity index (χ1v) is 40.3. The number of aliphatic hydroxyl groups excluding tert-OH is 4. The van der Waals surface area contributed by atoms with Gasteiger partial charge in [-0.15, -0.1) is 11.8 Å². The second-order valence-corrected chi connectivity index (χ2v) is 30.9. The summed E-state index contributed by atoms with van der Waals surface area (Å²) in [6.45, 7) is 4.69. The lowest BCUT2D eigenvalue weighted by molar-refractivity contribution is -0.145. The number of nitrogens with one attached hydrogen (secondary N) is 11. The number of benzene rings is 5. The molecule has 36 nitrogen and oxygen atoms in total. The maximum Gasteiger partial charge on any atom is 0.303 e. The smallest absolute Gasteiger partial charge is 0.303 e. The number of carboxylic acid groups (broad SMARTS) is 1. The van der Waals surface area contributed by atoms with E-state index in [2.05, 4.69) is 58.5 Å². The van der Waals surface area contributed by atoms with Gasteiger partial charge in [-0.1, -0.05) is 153 Å². The Morgan fingerprint density at radius 2 is 0.867 bits per heavy atom. The summed E-state index contributed by atoms with van der Waals surface area (Å²) in [6.07, 6.45) is -5.60. The number of fused-ring (bicyclic) bond motifs is 1. The van der Waals surface area contributed by atoms with Crippen molar-refractivity contribution in [1.29, 1.82) is 0 Å². The topological polar surface area (TPSA) is 542 Å². The number of aliphatic carboxylic acids is 1. The lowest BCUT2D eigenvalue weighted by Gasteiger charge is -2.33. The molecule has 2 fully saturated rings. The van der Waals surface area contributed by atoms with Gasteiger partial charge in [0.15, 0.2) is 0 Å². The number of nitrogens with two attached hydrogens (primary N) is 1. The molecule has 2 aliphatic heterocycles. The first-order valence-electron chi connectivity index (χ1n) is 39.1. The highest BCUT2D eigenvalue weighted by Crippen LogP contribution is 2.25. The van der Waals surface area contributed by atoms with Crippen LogP contribution in [0.2, 0.25) is 0 Å². The van der Waals surface area contributed by atoms with E-state index >= 15 is 9.59 Å². The Bertz CT molecular complexity index is 4440. The number of carbonyl (C=O) groups is 16. The lowest BCUT2D eigenvalue weighted by atomic mass is 9.99. The van der Waals surface area contributed by atoms with Crippen LogP contribution in [0.5, 0.6) is 0 Å². The molecule has 120 heavy (non-hydrogen) atoms. The number of carbonyl (C=O) groups excluding carboxylic acids is 15. The number of aliphatic hydroxyl groups is 4. The molecule has 646 valence electrons. The number of rotatable bonds is 19. The highest BCUT2D eigenvalue weighted by Gasteiger charge is 2.43. The monoisotopic (exact) mass is 1680 g/mol. The van der Waals surface area contributed by atoms with Gasteiger partial charge < -0.3 is 104 Å². The van der Waals surface area contributed by atoms with Crippen LogP contribution < -0.4 is 64.2 Å². The summed E-state index contributed by atoms with van der Waals surface area (Å²) >= 11 is 0.766. The van der Waals surface area contributed by atoms with E-state index in [4.69, 9.17) is 5.73 Å². The largest absolute Gasteiger partial charge is 0.481 e. The fourth-order valence-corrected chi connectivity index (χ4v) is 14.1. The molecule has 5 aromatic rings. The van der Waals surface area contributed by atoms with Crippen LogP contribution in [0.15, 0.2) is 140 Å². The van der Waals surface area contributed by atoms with Crippen molar-refractivity contribution in [3.05, 3.63) is 156 Å². The quantitative estimate of drug-likeness (QED) is 0.0397. The third-order valence-corrected chi connectivity index (χ3v) is 21.5. The number of hydrogen-bond donors (Lipinski definition) is 17. The van der Waals surface area contributed by atoms with Crippen LogP contribution in [0.3, 0.4) is 0 Å². The van der Waals surface area contributed by atoms with Gasteiger partial charge in [-0.3, -0.25) is 76.7 Å². The predicted molar refractivity (Wildman–Crippen MR) is 439 cm³/mol. The van der Waals surface area contributed by atoms with Gasteiger partial charge in [0.2, 0.25) is 88.6 Å². The number of thioether (sulfide) groups is 1. The first kappa shape index (κ1) is 95.0. The second kappa shape index (κ2) is 45.7. The van der Waals surface area contributed by atoms with Crippen LogP contribution in [0, 0.1) is 5.92 Å². The fourth-order valence-electron chi connectivity index (χ4n) is 13.2. The molecule has 0 aliphatic carbocycles. The number of primary amides is 1.